The highest BCUT2D eigenvalue weighted by molar-refractivity contribution is 5.92. The molecule has 0 atom stereocenters. The number of likely N-dealkylation sites (N-methyl/N-ethyl adjacent to an activating group) is 1. The molecule has 34 heavy (non-hydrogen) atoms. The van der Waals surface area contributed by atoms with E-state index in [1.165, 1.54) is 6.20 Å². The lowest BCUT2D eigenvalue weighted by Gasteiger charge is -2.23. The molecule has 3 rings (SSSR count). The number of rotatable bonds is 11. The number of aromatic nitrogens is 2. The Hall–Kier alpha value is -3.88. The number of hydrogen-bond donors (Lipinski definition) is 0. The molecule has 0 saturated carbocycles. The van der Waals surface area contributed by atoms with E-state index in [-0.39, 0.29) is 37.0 Å². The van der Waals surface area contributed by atoms with Gasteiger partial charge in [-0.1, -0.05) is 6.07 Å². The Bertz CT molecular complexity index is 1080. The van der Waals surface area contributed by atoms with Gasteiger partial charge in [-0.25, -0.2) is 4.98 Å². The molecule has 0 aliphatic carbocycles. The van der Waals surface area contributed by atoms with Gasteiger partial charge in [-0.3, -0.25) is 14.6 Å². The molecule has 0 N–H and O–H groups in total. The molecule has 0 saturated heterocycles. The van der Waals surface area contributed by atoms with Gasteiger partial charge in [0.15, 0.2) is 11.5 Å². The number of benzene rings is 1. The Balaban J connectivity index is 1.59. The van der Waals surface area contributed by atoms with Gasteiger partial charge in [0.1, 0.15) is 11.5 Å². The number of nitrogens with zero attached hydrogens (tertiary/aromatic N) is 4. The summed E-state index contributed by atoms with van der Waals surface area (Å²) in [4.78, 5) is 37.4. The van der Waals surface area contributed by atoms with Gasteiger partial charge in [0.2, 0.25) is 5.91 Å². The van der Waals surface area contributed by atoms with Crippen molar-refractivity contribution in [2.75, 3.05) is 34.4 Å². The number of hydrogen-bond acceptors (Lipinski definition) is 7. The van der Waals surface area contributed by atoms with Crippen molar-refractivity contribution in [3.8, 4) is 11.5 Å². The zero-order valence-corrected chi connectivity index (χ0v) is 20.0. The van der Waals surface area contributed by atoms with Crippen LogP contribution in [0.5, 0.6) is 11.5 Å². The van der Waals surface area contributed by atoms with Crippen LogP contribution < -0.4 is 9.47 Å². The van der Waals surface area contributed by atoms with E-state index in [1.807, 2.05) is 18.2 Å². The summed E-state index contributed by atoms with van der Waals surface area (Å²) in [5.74, 6) is 1.58. The summed E-state index contributed by atoms with van der Waals surface area (Å²) in [6, 6.07) is 9.26. The van der Waals surface area contributed by atoms with E-state index in [2.05, 4.69) is 9.97 Å². The first-order chi connectivity index (χ1) is 16.4. The molecule has 180 valence electrons. The van der Waals surface area contributed by atoms with Crippen molar-refractivity contribution in [1.29, 1.82) is 0 Å². The van der Waals surface area contributed by atoms with Crippen LogP contribution in [-0.2, 0) is 17.8 Å². The topological polar surface area (TPSA) is 98.0 Å². The molecular formula is C25H30N4O5. The summed E-state index contributed by atoms with van der Waals surface area (Å²) >= 11 is 0. The molecule has 9 heteroatoms. The maximum absolute atomic E-state index is 13.0. The molecule has 2 aromatic heterocycles. The predicted molar refractivity (Wildman–Crippen MR) is 126 cm³/mol. The van der Waals surface area contributed by atoms with Crippen LogP contribution >= 0.6 is 0 Å². The number of carbonyl (C=O) groups excluding carboxylic acids is 2. The molecule has 0 fully saturated rings. The quantitative estimate of drug-likeness (QED) is 0.428. The number of ether oxygens (including phenoxy) is 2. The Morgan fingerprint density at radius 2 is 1.82 bits per heavy atom. The molecule has 3 aromatic rings. The van der Waals surface area contributed by atoms with Crippen LogP contribution in [0, 0.1) is 6.92 Å². The molecule has 0 radical (unpaired) electrons. The van der Waals surface area contributed by atoms with E-state index in [4.69, 9.17) is 13.9 Å². The lowest BCUT2D eigenvalue weighted by Crippen LogP contribution is -2.36. The van der Waals surface area contributed by atoms with Crippen molar-refractivity contribution in [3.63, 3.8) is 0 Å². The molecule has 9 nitrogen and oxygen atoms in total. The number of amides is 2. The summed E-state index contributed by atoms with van der Waals surface area (Å²) < 4.78 is 16.0. The molecule has 0 aliphatic heterocycles. The number of carbonyl (C=O) groups is 2. The summed E-state index contributed by atoms with van der Waals surface area (Å²) in [6.45, 7) is 2.81. The smallest absolute Gasteiger partial charge is 0.274 e. The Morgan fingerprint density at radius 3 is 2.47 bits per heavy atom. The standard InChI is InChI=1S/C25H30N4O5/c1-18-15-27-21(16-26-18)25(31)29(17-20-6-5-13-34-20)12-10-24(30)28(2)11-9-19-7-8-22(32-3)23(14-19)33-4/h5-8,13-16H,9-12,17H2,1-4H3. The molecule has 1 aromatic carbocycles. The third-order valence-electron chi connectivity index (χ3n) is 5.42. The van der Waals surface area contributed by atoms with Crippen LogP contribution in [0.3, 0.4) is 0 Å². The summed E-state index contributed by atoms with van der Waals surface area (Å²) in [5.41, 5.74) is 1.98. The van der Waals surface area contributed by atoms with Crippen LogP contribution in [0.15, 0.2) is 53.4 Å². The number of aryl methyl sites for hydroxylation is 1. The van der Waals surface area contributed by atoms with Gasteiger partial charge in [-0.2, -0.15) is 0 Å². The van der Waals surface area contributed by atoms with Crippen LogP contribution in [-0.4, -0.2) is 65.9 Å². The van der Waals surface area contributed by atoms with Gasteiger partial charge in [0.25, 0.3) is 5.91 Å². The van der Waals surface area contributed by atoms with E-state index in [9.17, 15) is 9.59 Å². The van der Waals surface area contributed by atoms with E-state index >= 15 is 0 Å². The van der Waals surface area contributed by atoms with E-state index < -0.39 is 0 Å². The lowest BCUT2D eigenvalue weighted by atomic mass is 10.1. The summed E-state index contributed by atoms with van der Waals surface area (Å²) in [7, 11) is 4.94. The molecule has 0 spiro atoms. The van der Waals surface area contributed by atoms with Gasteiger partial charge in [-0.15, -0.1) is 0 Å². The first kappa shape index (κ1) is 24.8. The lowest BCUT2D eigenvalue weighted by molar-refractivity contribution is -0.130. The highest BCUT2D eigenvalue weighted by atomic mass is 16.5. The fourth-order valence-corrected chi connectivity index (χ4v) is 3.39. The average Bonchev–Trinajstić information content (AvgIpc) is 3.37. The number of methoxy groups -OCH3 is 2. The van der Waals surface area contributed by atoms with Gasteiger partial charge in [-0.05, 0) is 43.2 Å². The highest BCUT2D eigenvalue weighted by Gasteiger charge is 2.21. The van der Waals surface area contributed by atoms with Crippen LogP contribution in [0.25, 0.3) is 0 Å². The number of furan rings is 1. The van der Waals surface area contributed by atoms with E-state index in [1.54, 1.807) is 62.6 Å². The van der Waals surface area contributed by atoms with Gasteiger partial charge >= 0.3 is 0 Å². The summed E-state index contributed by atoms with van der Waals surface area (Å²) in [5, 5.41) is 0. The van der Waals surface area contributed by atoms with Gasteiger partial charge < -0.3 is 23.7 Å². The van der Waals surface area contributed by atoms with Crippen LogP contribution in [0.4, 0.5) is 0 Å². The zero-order chi connectivity index (χ0) is 24.5. The maximum Gasteiger partial charge on any atom is 0.274 e. The summed E-state index contributed by atoms with van der Waals surface area (Å²) in [6.07, 6.45) is 5.39. The Morgan fingerprint density at radius 1 is 1.03 bits per heavy atom. The fraction of sp³-hybridized carbons (Fsp3) is 0.360. The van der Waals surface area contributed by atoms with Crippen molar-refractivity contribution in [2.45, 2.75) is 26.3 Å². The zero-order valence-electron chi connectivity index (χ0n) is 20.0. The fourth-order valence-electron chi connectivity index (χ4n) is 3.39. The molecular weight excluding hydrogens is 436 g/mol. The Labute approximate surface area is 199 Å². The minimum Gasteiger partial charge on any atom is -0.493 e. The highest BCUT2D eigenvalue weighted by Crippen LogP contribution is 2.27. The van der Waals surface area contributed by atoms with Crippen molar-refractivity contribution in [1.82, 2.24) is 19.8 Å². The second-order valence-corrected chi connectivity index (χ2v) is 7.85. The molecule has 2 heterocycles. The minimum atomic E-state index is -0.301. The van der Waals surface area contributed by atoms with Gasteiger partial charge in [0.05, 0.1) is 38.9 Å². The molecule has 0 aliphatic rings. The van der Waals surface area contributed by atoms with Crippen molar-refractivity contribution in [3.05, 3.63) is 71.7 Å². The predicted octanol–water partition coefficient (Wildman–Crippen LogP) is 3.13. The molecule has 2 amide bonds. The van der Waals surface area contributed by atoms with E-state index in [0.29, 0.717) is 30.2 Å². The van der Waals surface area contributed by atoms with E-state index in [0.717, 1.165) is 11.3 Å². The van der Waals surface area contributed by atoms with Gasteiger partial charge in [0, 0.05) is 32.8 Å². The minimum absolute atomic E-state index is 0.0623. The first-order valence-electron chi connectivity index (χ1n) is 11.0. The molecule has 0 unspecified atom stereocenters. The maximum atomic E-state index is 13.0. The van der Waals surface area contributed by atoms with Crippen LogP contribution in [0.2, 0.25) is 0 Å². The average molecular weight is 467 g/mol. The SMILES string of the molecule is COc1ccc(CCN(C)C(=O)CCN(Cc2ccco2)C(=O)c2cnc(C)cn2)cc1OC. The Kier molecular flexibility index (Phi) is 8.61. The molecule has 0 bridgehead atoms. The second kappa shape index (κ2) is 11.8. The third kappa shape index (κ3) is 6.57. The van der Waals surface area contributed by atoms with Crippen molar-refractivity contribution >= 4 is 11.8 Å². The van der Waals surface area contributed by atoms with Crippen LogP contribution in [0.1, 0.15) is 33.9 Å². The normalized spacial score (nSPS) is 10.6. The second-order valence-electron chi connectivity index (χ2n) is 7.85. The third-order valence-corrected chi connectivity index (χ3v) is 5.42. The monoisotopic (exact) mass is 466 g/mol. The first-order valence-corrected chi connectivity index (χ1v) is 11.0. The van der Waals surface area contributed by atoms with Crippen molar-refractivity contribution < 1.29 is 23.5 Å². The van der Waals surface area contributed by atoms with Crippen molar-refractivity contribution in [2.24, 2.45) is 0 Å². The largest absolute Gasteiger partial charge is 0.493 e.